The van der Waals surface area contributed by atoms with Gasteiger partial charge in [0.15, 0.2) is 0 Å². The molecule has 0 amide bonds. The van der Waals surface area contributed by atoms with Crippen LogP contribution >= 0.6 is 0 Å². The molecule has 2 heteroatoms. The molecule has 0 saturated carbocycles. The summed E-state index contributed by atoms with van der Waals surface area (Å²) in [5.41, 5.74) is 0. The molecule has 0 radical (unpaired) electrons. The molecule has 2 unspecified atom stereocenters. The van der Waals surface area contributed by atoms with Gasteiger partial charge >= 0.3 is 0 Å². The lowest BCUT2D eigenvalue weighted by Gasteiger charge is -2.33. The van der Waals surface area contributed by atoms with Crippen LogP contribution in [0.5, 0.6) is 0 Å². The van der Waals surface area contributed by atoms with E-state index in [0.29, 0.717) is 6.04 Å². The predicted octanol–water partition coefficient (Wildman–Crippen LogP) is 3.01. The molecule has 0 aliphatic carbocycles. The highest BCUT2D eigenvalue weighted by Gasteiger charge is 2.19. The second-order valence-electron chi connectivity index (χ2n) is 3.92. The monoisotopic (exact) mass is 201 g/mol. The van der Waals surface area contributed by atoms with Crippen molar-refractivity contribution in [2.45, 2.75) is 72.1 Å². The van der Waals surface area contributed by atoms with E-state index in [1.165, 1.54) is 19.3 Å². The van der Waals surface area contributed by atoms with Gasteiger partial charge in [-0.2, -0.15) is 0 Å². The molecule has 0 aromatic rings. The van der Waals surface area contributed by atoms with Crippen molar-refractivity contribution in [1.29, 1.82) is 0 Å². The van der Waals surface area contributed by atoms with Gasteiger partial charge < -0.3 is 5.11 Å². The quantitative estimate of drug-likeness (QED) is 0.610. The van der Waals surface area contributed by atoms with Crippen molar-refractivity contribution >= 4 is 0 Å². The molecule has 0 aromatic carbocycles. The van der Waals surface area contributed by atoms with Crippen LogP contribution < -0.4 is 0 Å². The molecule has 0 aromatic heterocycles. The van der Waals surface area contributed by atoms with Gasteiger partial charge in [-0.15, -0.1) is 0 Å². The van der Waals surface area contributed by atoms with Crippen LogP contribution in [0.2, 0.25) is 0 Å². The fraction of sp³-hybridized carbons (Fsp3) is 1.00. The average molecular weight is 201 g/mol. The molecule has 0 heterocycles. The highest BCUT2D eigenvalue weighted by molar-refractivity contribution is 4.71. The number of aliphatic hydroxyl groups is 1. The van der Waals surface area contributed by atoms with Crippen LogP contribution in [-0.2, 0) is 0 Å². The molecule has 0 bridgehead atoms. The van der Waals surface area contributed by atoms with E-state index in [4.69, 9.17) is 0 Å². The molecule has 0 aliphatic rings. The summed E-state index contributed by atoms with van der Waals surface area (Å²) in [6.45, 7) is 9.56. The van der Waals surface area contributed by atoms with Crippen molar-refractivity contribution < 1.29 is 5.11 Å². The Bertz CT molecular complexity index is 127. The van der Waals surface area contributed by atoms with E-state index in [1.807, 2.05) is 6.92 Å². The lowest BCUT2D eigenvalue weighted by molar-refractivity contribution is -0.0275. The molecule has 0 aliphatic heterocycles. The number of aliphatic hydroxyl groups excluding tert-OH is 1. The molecule has 0 spiro atoms. The first-order chi connectivity index (χ1) is 6.71. The second kappa shape index (κ2) is 8.25. The first-order valence-electron chi connectivity index (χ1n) is 6.14. The SMILES string of the molecule is CCCCC(CC)N(CC)C(O)CC. The fourth-order valence-electron chi connectivity index (χ4n) is 1.99. The van der Waals surface area contributed by atoms with Crippen molar-refractivity contribution in [3.8, 4) is 0 Å². The van der Waals surface area contributed by atoms with Gasteiger partial charge in [-0.3, -0.25) is 4.90 Å². The van der Waals surface area contributed by atoms with Crippen LogP contribution in [0.4, 0.5) is 0 Å². The predicted molar refractivity (Wildman–Crippen MR) is 62.3 cm³/mol. The number of hydrogen-bond donors (Lipinski definition) is 1. The highest BCUT2D eigenvalue weighted by atomic mass is 16.3. The Kier molecular flexibility index (Phi) is 8.20. The third kappa shape index (κ3) is 4.43. The summed E-state index contributed by atoms with van der Waals surface area (Å²) in [6, 6.07) is 0.565. The highest BCUT2D eigenvalue weighted by Crippen LogP contribution is 2.15. The third-order valence-corrected chi connectivity index (χ3v) is 2.94. The Hall–Kier alpha value is -0.0800. The molecule has 1 N–H and O–H groups in total. The van der Waals surface area contributed by atoms with Crippen molar-refractivity contribution in [1.82, 2.24) is 4.90 Å². The maximum atomic E-state index is 9.84. The van der Waals surface area contributed by atoms with Crippen molar-refractivity contribution in [2.75, 3.05) is 6.54 Å². The Balaban J connectivity index is 4.13. The Morgan fingerprint density at radius 2 is 1.71 bits per heavy atom. The van der Waals surface area contributed by atoms with E-state index < -0.39 is 0 Å². The molecule has 14 heavy (non-hydrogen) atoms. The van der Waals surface area contributed by atoms with E-state index in [9.17, 15) is 5.11 Å². The molecule has 2 atom stereocenters. The minimum Gasteiger partial charge on any atom is -0.378 e. The fourth-order valence-corrected chi connectivity index (χ4v) is 1.99. The Labute approximate surface area is 89.3 Å². The maximum absolute atomic E-state index is 9.84. The van der Waals surface area contributed by atoms with Gasteiger partial charge in [-0.1, -0.05) is 40.5 Å². The van der Waals surface area contributed by atoms with Gasteiger partial charge in [-0.25, -0.2) is 0 Å². The zero-order valence-electron chi connectivity index (χ0n) is 10.3. The van der Waals surface area contributed by atoms with Gasteiger partial charge in [-0.05, 0) is 25.8 Å². The smallest absolute Gasteiger partial charge is 0.107 e. The van der Waals surface area contributed by atoms with Crippen LogP contribution in [0.1, 0.15) is 59.8 Å². The van der Waals surface area contributed by atoms with Crippen LogP contribution in [-0.4, -0.2) is 28.8 Å². The van der Waals surface area contributed by atoms with Crippen LogP contribution in [0, 0.1) is 0 Å². The minimum absolute atomic E-state index is 0.248. The summed E-state index contributed by atoms with van der Waals surface area (Å²) in [6.07, 6.45) is 5.46. The van der Waals surface area contributed by atoms with Crippen LogP contribution in [0.15, 0.2) is 0 Å². The number of nitrogens with zero attached hydrogens (tertiary/aromatic N) is 1. The molecule has 0 fully saturated rings. The maximum Gasteiger partial charge on any atom is 0.107 e. The first kappa shape index (κ1) is 13.9. The normalized spacial score (nSPS) is 15.9. The van der Waals surface area contributed by atoms with Crippen molar-refractivity contribution in [3.63, 3.8) is 0 Å². The van der Waals surface area contributed by atoms with Crippen molar-refractivity contribution in [3.05, 3.63) is 0 Å². The van der Waals surface area contributed by atoms with E-state index in [-0.39, 0.29) is 6.23 Å². The molecule has 0 rings (SSSR count). The summed E-state index contributed by atoms with van der Waals surface area (Å²) in [4.78, 5) is 2.23. The van der Waals surface area contributed by atoms with Gasteiger partial charge in [0.25, 0.3) is 0 Å². The summed E-state index contributed by atoms with van der Waals surface area (Å²) in [7, 11) is 0. The summed E-state index contributed by atoms with van der Waals surface area (Å²) in [5.74, 6) is 0. The Morgan fingerprint density at radius 1 is 1.07 bits per heavy atom. The number of rotatable bonds is 8. The average Bonchev–Trinajstić information content (AvgIpc) is 2.23. The topological polar surface area (TPSA) is 23.5 Å². The zero-order valence-corrected chi connectivity index (χ0v) is 10.3. The van der Waals surface area contributed by atoms with Gasteiger partial charge in [0, 0.05) is 6.04 Å². The molecule has 2 nitrogen and oxygen atoms in total. The summed E-state index contributed by atoms with van der Waals surface area (Å²) < 4.78 is 0. The lowest BCUT2D eigenvalue weighted by atomic mass is 10.1. The molecular formula is C12H27NO. The van der Waals surface area contributed by atoms with E-state index in [1.54, 1.807) is 0 Å². The summed E-state index contributed by atoms with van der Waals surface area (Å²) in [5, 5.41) is 9.84. The van der Waals surface area contributed by atoms with Crippen LogP contribution in [0.3, 0.4) is 0 Å². The summed E-state index contributed by atoms with van der Waals surface area (Å²) >= 11 is 0. The minimum atomic E-state index is -0.248. The second-order valence-corrected chi connectivity index (χ2v) is 3.92. The Morgan fingerprint density at radius 3 is 2.07 bits per heavy atom. The van der Waals surface area contributed by atoms with Gasteiger partial charge in [0.2, 0.25) is 0 Å². The van der Waals surface area contributed by atoms with E-state index in [2.05, 4.69) is 25.7 Å². The zero-order chi connectivity index (χ0) is 11.0. The molecular weight excluding hydrogens is 174 g/mol. The van der Waals surface area contributed by atoms with Gasteiger partial charge in [0.05, 0.1) is 0 Å². The van der Waals surface area contributed by atoms with Crippen LogP contribution in [0.25, 0.3) is 0 Å². The first-order valence-corrected chi connectivity index (χ1v) is 6.14. The molecule has 86 valence electrons. The number of hydrogen-bond acceptors (Lipinski definition) is 2. The number of unbranched alkanes of at least 4 members (excludes halogenated alkanes) is 1. The van der Waals surface area contributed by atoms with Crippen molar-refractivity contribution in [2.24, 2.45) is 0 Å². The third-order valence-electron chi connectivity index (χ3n) is 2.94. The van der Waals surface area contributed by atoms with E-state index >= 15 is 0 Å². The van der Waals surface area contributed by atoms with Gasteiger partial charge in [0.1, 0.15) is 6.23 Å². The largest absolute Gasteiger partial charge is 0.378 e. The molecule has 0 saturated heterocycles. The standard InChI is InChI=1S/C12H27NO/c1-5-9-10-11(6-2)13(8-4)12(14)7-3/h11-12,14H,5-10H2,1-4H3. The lowest BCUT2D eigenvalue weighted by Crippen LogP contribution is -2.42. The van der Waals surface area contributed by atoms with E-state index in [0.717, 1.165) is 19.4 Å².